The zero-order valence-electron chi connectivity index (χ0n) is 14.1. The lowest BCUT2D eigenvalue weighted by Gasteiger charge is -2.37. The highest BCUT2D eigenvalue weighted by atomic mass is 19.1. The van der Waals surface area contributed by atoms with Crippen molar-refractivity contribution >= 4 is 17.4 Å². The Morgan fingerprint density at radius 3 is 2.80 bits per heavy atom. The fraction of sp³-hybridized carbons (Fsp3) is 0.438. The summed E-state index contributed by atoms with van der Waals surface area (Å²) in [6.07, 6.45) is 1.45. The number of H-pyrrole nitrogens is 1. The summed E-state index contributed by atoms with van der Waals surface area (Å²) in [6, 6.07) is 4.22. The fourth-order valence-electron chi connectivity index (χ4n) is 2.87. The van der Waals surface area contributed by atoms with Crippen LogP contribution in [0.3, 0.4) is 0 Å². The molecule has 3 N–H and O–H groups in total. The third-order valence-electron chi connectivity index (χ3n) is 3.85. The molecule has 1 aromatic heterocycles. The molecule has 0 bridgehead atoms. The second-order valence-corrected chi connectivity index (χ2v) is 6.07. The van der Waals surface area contributed by atoms with Crippen molar-refractivity contribution in [3.8, 4) is 0 Å². The largest absolute Gasteiger partial charge is 0.372 e. The molecule has 25 heavy (non-hydrogen) atoms. The number of nitrogens with zero attached hydrogens (tertiary/aromatic N) is 3. The van der Waals surface area contributed by atoms with Crippen LogP contribution in [0.4, 0.5) is 20.6 Å². The smallest absolute Gasteiger partial charge is 0.319 e. The number of amides is 2. The van der Waals surface area contributed by atoms with Crippen LogP contribution < -0.4 is 15.5 Å². The van der Waals surface area contributed by atoms with Gasteiger partial charge in [-0.3, -0.25) is 5.10 Å². The lowest BCUT2D eigenvalue weighted by Crippen LogP contribution is -2.45. The van der Waals surface area contributed by atoms with Gasteiger partial charge in [0.2, 0.25) is 0 Å². The Morgan fingerprint density at radius 2 is 2.16 bits per heavy atom. The lowest BCUT2D eigenvalue weighted by molar-refractivity contribution is -0.00539. The maximum atomic E-state index is 14.5. The van der Waals surface area contributed by atoms with Crippen LogP contribution in [0.25, 0.3) is 0 Å². The summed E-state index contributed by atoms with van der Waals surface area (Å²) in [5, 5.41) is 11.5. The van der Waals surface area contributed by atoms with Crippen LogP contribution in [-0.2, 0) is 11.3 Å². The molecular weight excluding hydrogens is 327 g/mol. The number of halogens is 1. The third kappa shape index (κ3) is 4.44. The van der Waals surface area contributed by atoms with Gasteiger partial charge in [0.1, 0.15) is 18.0 Å². The average molecular weight is 348 g/mol. The fourth-order valence-corrected chi connectivity index (χ4v) is 2.87. The predicted octanol–water partition coefficient (Wildman–Crippen LogP) is 1.88. The topological polar surface area (TPSA) is 95.2 Å². The quantitative estimate of drug-likeness (QED) is 0.784. The second kappa shape index (κ2) is 7.47. The third-order valence-corrected chi connectivity index (χ3v) is 3.85. The summed E-state index contributed by atoms with van der Waals surface area (Å²) in [7, 11) is 0. The van der Waals surface area contributed by atoms with Crippen LogP contribution in [0.2, 0.25) is 0 Å². The van der Waals surface area contributed by atoms with Gasteiger partial charge in [-0.2, -0.15) is 5.10 Å². The molecule has 1 aliphatic heterocycles. The van der Waals surface area contributed by atoms with E-state index < -0.39 is 6.03 Å². The molecule has 2 unspecified atom stereocenters. The minimum Gasteiger partial charge on any atom is -0.372 e. The molecule has 0 aliphatic carbocycles. The summed E-state index contributed by atoms with van der Waals surface area (Å²) < 4.78 is 20.1. The first-order valence-corrected chi connectivity index (χ1v) is 8.10. The summed E-state index contributed by atoms with van der Waals surface area (Å²) in [6.45, 7) is 5.40. The van der Waals surface area contributed by atoms with Gasteiger partial charge in [-0.05, 0) is 32.0 Å². The van der Waals surface area contributed by atoms with Gasteiger partial charge in [-0.15, -0.1) is 0 Å². The summed E-state index contributed by atoms with van der Waals surface area (Å²) in [5.74, 6) is 0.154. The number of morpholine rings is 1. The summed E-state index contributed by atoms with van der Waals surface area (Å²) in [4.78, 5) is 17.7. The Morgan fingerprint density at radius 1 is 1.40 bits per heavy atom. The Hall–Kier alpha value is -2.68. The van der Waals surface area contributed by atoms with Crippen molar-refractivity contribution in [2.75, 3.05) is 23.3 Å². The number of hydrogen-bond donors (Lipinski definition) is 3. The van der Waals surface area contributed by atoms with Gasteiger partial charge in [-0.1, -0.05) is 0 Å². The maximum Gasteiger partial charge on any atom is 0.319 e. The number of benzene rings is 1. The Kier molecular flexibility index (Phi) is 5.13. The molecule has 2 amide bonds. The van der Waals surface area contributed by atoms with E-state index in [2.05, 4.69) is 25.8 Å². The molecule has 1 aromatic carbocycles. The van der Waals surface area contributed by atoms with E-state index in [1.807, 2.05) is 18.7 Å². The molecular formula is C16H21FN6O2. The Labute approximate surface area is 144 Å². The van der Waals surface area contributed by atoms with Gasteiger partial charge in [0.15, 0.2) is 0 Å². The molecule has 0 radical (unpaired) electrons. The van der Waals surface area contributed by atoms with Crippen LogP contribution in [0.1, 0.15) is 19.7 Å². The van der Waals surface area contributed by atoms with Crippen molar-refractivity contribution in [1.82, 2.24) is 20.5 Å². The van der Waals surface area contributed by atoms with E-state index in [4.69, 9.17) is 4.74 Å². The first kappa shape index (κ1) is 17.2. The van der Waals surface area contributed by atoms with E-state index in [-0.39, 0.29) is 24.6 Å². The Balaban J connectivity index is 1.60. The molecule has 2 heterocycles. The number of anilines is 2. The van der Waals surface area contributed by atoms with Crippen molar-refractivity contribution in [1.29, 1.82) is 0 Å². The van der Waals surface area contributed by atoms with Crippen LogP contribution in [0.15, 0.2) is 24.5 Å². The number of aromatic nitrogens is 3. The molecule has 2 aromatic rings. The highest BCUT2D eigenvalue weighted by Gasteiger charge is 2.24. The van der Waals surface area contributed by atoms with E-state index in [1.54, 1.807) is 12.1 Å². The van der Waals surface area contributed by atoms with Crippen LogP contribution >= 0.6 is 0 Å². The summed E-state index contributed by atoms with van der Waals surface area (Å²) >= 11 is 0. The molecule has 1 aliphatic rings. The lowest BCUT2D eigenvalue weighted by atomic mass is 10.2. The van der Waals surface area contributed by atoms with Crippen LogP contribution in [0.5, 0.6) is 0 Å². The monoisotopic (exact) mass is 348 g/mol. The molecule has 3 rings (SSSR count). The van der Waals surface area contributed by atoms with Crippen molar-refractivity contribution in [3.63, 3.8) is 0 Å². The Bertz CT molecular complexity index is 713. The van der Waals surface area contributed by atoms with Gasteiger partial charge < -0.3 is 20.3 Å². The minimum absolute atomic E-state index is 0.0443. The SMILES string of the molecule is CC1CN(c2ccc(NC(=O)NCc3ncn[nH]3)cc2F)CC(C)O1. The second-order valence-electron chi connectivity index (χ2n) is 6.07. The number of urea groups is 1. The number of nitrogens with one attached hydrogen (secondary N) is 3. The molecule has 0 spiro atoms. The zero-order valence-corrected chi connectivity index (χ0v) is 14.1. The van der Waals surface area contributed by atoms with E-state index >= 15 is 0 Å². The molecule has 1 saturated heterocycles. The van der Waals surface area contributed by atoms with Crippen molar-refractivity contribution in [2.24, 2.45) is 0 Å². The standard InChI is InChI=1S/C16H21FN6O2/c1-10-7-23(8-11(2)25-10)14-4-3-12(5-13(14)17)21-16(24)18-6-15-19-9-20-22-15/h3-5,9-11H,6-8H2,1-2H3,(H2,18,21,24)(H,19,20,22). The number of carbonyl (C=O) groups excluding carboxylic acids is 1. The van der Waals surface area contributed by atoms with E-state index in [1.165, 1.54) is 12.4 Å². The van der Waals surface area contributed by atoms with E-state index in [9.17, 15) is 9.18 Å². The maximum absolute atomic E-state index is 14.5. The van der Waals surface area contributed by atoms with Crippen LogP contribution in [-0.4, -0.2) is 46.5 Å². The number of rotatable bonds is 4. The normalized spacial score (nSPS) is 20.4. The molecule has 2 atom stereocenters. The molecule has 8 nitrogen and oxygen atoms in total. The average Bonchev–Trinajstić information content (AvgIpc) is 3.05. The first-order valence-electron chi connectivity index (χ1n) is 8.10. The minimum atomic E-state index is -0.447. The van der Waals surface area contributed by atoms with Gasteiger partial charge in [0.05, 0.1) is 24.4 Å². The molecule has 134 valence electrons. The number of carbonyl (C=O) groups is 1. The van der Waals surface area contributed by atoms with Gasteiger partial charge >= 0.3 is 6.03 Å². The number of ether oxygens (including phenoxy) is 1. The van der Waals surface area contributed by atoms with Gasteiger partial charge in [0.25, 0.3) is 0 Å². The van der Waals surface area contributed by atoms with E-state index in [0.29, 0.717) is 30.3 Å². The molecule has 0 saturated carbocycles. The van der Waals surface area contributed by atoms with Crippen molar-refractivity contribution in [3.05, 3.63) is 36.2 Å². The first-order chi connectivity index (χ1) is 12.0. The van der Waals surface area contributed by atoms with E-state index in [0.717, 1.165) is 0 Å². The molecule has 1 fully saturated rings. The summed E-state index contributed by atoms with van der Waals surface area (Å²) in [5.41, 5.74) is 0.889. The molecule has 9 heteroatoms. The number of hydrogen-bond acceptors (Lipinski definition) is 5. The highest BCUT2D eigenvalue weighted by Crippen LogP contribution is 2.26. The predicted molar refractivity (Wildman–Crippen MR) is 90.9 cm³/mol. The van der Waals surface area contributed by atoms with Gasteiger partial charge in [0, 0.05) is 18.8 Å². The number of aromatic amines is 1. The van der Waals surface area contributed by atoms with Gasteiger partial charge in [-0.25, -0.2) is 14.2 Å². The van der Waals surface area contributed by atoms with Crippen LogP contribution in [0, 0.1) is 5.82 Å². The van der Waals surface area contributed by atoms with Crippen molar-refractivity contribution in [2.45, 2.75) is 32.6 Å². The zero-order chi connectivity index (χ0) is 17.8. The van der Waals surface area contributed by atoms with Crippen molar-refractivity contribution < 1.29 is 13.9 Å². The highest BCUT2D eigenvalue weighted by molar-refractivity contribution is 5.89.